The maximum Gasteiger partial charge on any atom is 0.200 e. The molecular formula is C16H27NO3. The highest BCUT2D eigenvalue weighted by molar-refractivity contribution is 5.52. The van der Waals surface area contributed by atoms with E-state index in [9.17, 15) is 15.3 Å². The van der Waals surface area contributed by atoms with Crippen molar-refractivity contribution in [3.63, 3.8) is 0 Å². The molecule has 0 aliphatic rings. The van der Waals surface area contributed by atoms with Crippen LogP contribution in [0.15, 0.2) is 12.1 Å². The first kappa shape index (κ1) is 16.6. The van der Waals surface area contributed by atoms with Crippen molar-refractivity contribution < 1.29 is 15.3 Å². The van der Waals surface area contributed by atoms with Crippen LogP contribution in [0.25, 0.3) is 0 Å². The molecular weight excluding hydrogens is 254 g/mol. The molecule has 0 aromatic heterocycles. The van der Waals surface area contributed by atoms with E-state index in [1.165, 1.54) is 31.7 Å². The number of hydrogen-bond acceptors (Lipinski definition) is 4. The highest BCUT2D eigenvalue weighted by Crippen LogP contribution is 2.36. The van der Waals surface area contributed by atoms with E-state index in [1.54, 1.807) is 6.07 Å². The lowest BCUT2D eigenvalue weighted by Crippen LogP contribution is -2.14. The average Bonchev–Trinajstić information content (AvgIpc) is 2.41. The molecule has 1 rings (SSSR count). The van der Waals surface area contributed by atoms with E-state index in [-0.39, 0.29) is 11.5 Å². The number of benzene rings is 1. The first-order valence-corrected chi connectivity index (χ1v) is 7.46. The lowest BCUT2D eigenvalue weighted by atomic mass is 10.0. The van der Waals surface area contributed by atoms with E-state index in [4.69, 9.17) is 0 Å². The minimum Gasteiger partial charge on any atom is -0.504 e. The Bertz CT molecular complexity index is 405. The molecule has 0 amide bonds. The van der Waals surface area contributed by atoms with Gasteiger partial charge in [0, 0.05) is 12.1 Å². The van der Waals surface area contributed by atoms with Crippen LogP contribution in [-0.4, -0.2) is 21.9 Å². The molecule has 0 saturated carbocycles. The van der Waals surface area contributed by atoms with Crippen LogP contribution in [0.2, 0.25) is 0 Å². The molecule has 0 unspecified atom stereocenters. The zero-order chi connectivity index (χ0) is 15.0. The third kappa shape index (κ3) is 5.70. The van der Waals surface area contributed by atoms with Gasteiger partial charge >= 0.3 is 0 Å². The van der Waals surface area contributed by atoms with E-state index in [0.29, 0.717) is 12.1 Å². The lowest BCUT2D eigenvalue weighted by Gasteiger charge is -2.09. The molecule has 0 spiro atoms. The average molecular weight is 281 g/mol. The minimum atomic E-state index is -0.446. The summed E-state index contributed by atoms with van der Waals surface area (Å²) in [5, 5.41) is 31.5. The van der Waals surface area contributed by atoms with Crippen molar-refractivity contribution in [3.05, 3.63) is 17.7 Å². The van der Waals surface area contributed by atoms with Gasteiger partial charge in [0.1, 0.15) is 0 Å². The van der Waals surface area contributed by atoms with Crippen LogP contribution in [0.4, 0.5) is 0 Å². The first-order chi connectivity index (χ1) is 9.52. The highest BCUT2D eigenvalue weighted by Gasteiger charge is 2.10. The van der Waals surface area contributed by atoms with Crippen LogP contribution in [0.5, 0.6) is 17.2 Å². The molecule has 0 aliphatic carbocycles. The van der Waals surface area contributed by atoms with Crippen molar-refractivity contribution in [3.8, 4) is 17.2 Å². The summed E-state index contributed by atoms with van der Waals surface area (Å²) in [6.07, 6.45) is 6.19. The fourth-order valence-electron chi connectivity index (χ4n) is 2.13. The topological polar surface area (TPSA) is 72.7 Å². The van der Waals surface area contributed by atoms with Crippen molar-refractivity contribution in [2.75, 3.05) is 6.54 Å². The van der Waals surface area contributed by atoms with Crippen molar-refractivity contribution >= 4 is 0 Å². The Morgan fingerprint density at radius 3 is 2.35 bits per heavy atom. The maximum atomic E-state index is 9.65. The molecule has 0 saturated heterocycles. The smallest absolute Gasteiger partial charge is 0.200 e. The molecule has 0 bridgehead atoms. The second-order valence-corrected chi connectivity index (χ2v) is 5.71. The predicted molar refractivity (Wildman–Crippen MR) is 81.1 cm³/mol. The van der Waals surface area contributed by atoms with Gasteiger partial charge in [-0.05, 0) is 24.9 Å². The van der Waals surface area contributed by atoms with Gasteiger partial charge < -0.3 is 20.6 Å². The molecule has 0 radical (unpaired) electrons. The van der Waals surface area contributed by atoms with Crippen LogP contribution < -0.4 is 5.32 Å². The maximum absolute atomic E-state index is 9.65. The molecule has 114 valence electrons. The van der Waals surface area contributed by atoms with Crippen molar-refractivity contribution in [2.45, 2.75) is 52.5 Å². The summed E-state index contributed by atoms with van der Waals surface area (Å²) in [7, 11) is 0. The van der Waals surface area contributed by atoms with Gasteiger partial charge in [-0.25, -0.2) is 0 Å². The summed E-state index contributed by atoms with van der Waals surface area (Å²) < 4.78 is 0. The third-order valence-electron chi connectivity index (χ3n) is 3.41. The van der Waals surface area contributed by atoms with Crippen molar-refractivity contribution in [2.24, 2.45) is 5.92 Å². The molecule has 4 N–H and O–H groups in total. The van der Waals surface area contributed by atoms with E-state index >= 15 is 0 Å². The highest BCUT2D eigenvalue weighted by atomic mass is 16.3. The largest absolute Gasteiger partial charge is 0.504 e. The lowest BCUT2D eigenvalue weighted by molar-refractivity contribution is 0.364. The Morgan fingerprint density at radius 2 is 1.65 bits per heavy atom. The van der Waals surface area contributed by atoms with Gasteiger partial charge in [0.05, 0.1) is 0 Å². The molecule has 4 nitrogen and oxygen atoms in total. The first-order valence-electron chi connectivity index (χ1n) is 7.46. The van der Waals surface area contributed by atoms with Crippen molar-refractivity contribution in [1.29, 1.82) is 0 Å². The molecule has 1 aromatic rings. The van der Waals surface area contributed by atoms with Gasteiger partial charge in [-0.1, -0.05) is 45.6 Å². The molecule has 20 heavy (non-hydrogen) atoms. The van der Waals surface area contributed by atoms with E-state index < -0.39 is 5.75 Å². The molecule has 0 aliphatic heterocycles. The fourth-order valence-corrected chi connectivity index (χ4v) is 2.13. The van der Waals surface area contributed by atoms with Gasteiger partial charge in [-0.15, -0.1) is 0 Å². The third-order valence-corrected chi connectivity index (χ3v) is 3.41. The Kier molecular flexibility index (Phi) is 7.23. The molecule has 0 atom stereocenters. The standard InChI is InChI=1S/C16H27NO3/c1-12(2)7-5-3-4-6-10-17-11-13-8-9-14(18)16(20)15(13)19/h8-9,12,17-20H,3-7,10-11H2,1-2H3. The van der Waals surface area contributed by atoms with Crippen LogP contribution in [0.1, 0.15) is 51.5 Å². The second-order valence-electron chi connectivity index (χ2n) is 5.71. The van der Waals surface area contributed by atoms with E-state index in [1.807, 2.05) is 0 Å². The summed E-state index contributed by atoms with van der Waals surface area (Å²) in [6.45, 7) is 5.89. The van der Waals surface area contributed by atoms with Crippen LogP contribution in [0, 0.1) is 5.92 Å². The number of phenols is 3. The van der Waals surface area contributed by atoms with E-state index in [0.717, 1.165) is 18.9 Å². The number of phenolic OH excluding ortho intramolecular Hbond substituents is 3. The zero-order valence-corrected chi connectivity index (χ0v) is 12.5. The van der Waals surface area contributed by atoms with E-state index in [2.05, 4.69) is 19.2 Å². The SMILES string of the molecule is CC(C)CCCCCCNCc1ccc(O)c(O)c1O. The van der Waals surface area contributed by atoms with Gasteiger partial charge in [0.15, 0.2) is 11.5 Å². The summed E-state index contributed by atoms with van der Waals surface area (Å²) in [6, 6.07) is 3.00. The molecule has 0 heterocycles. The Hall–Kier alpha value is -1.42. The Balaban J connectivity index is 2.14. The zero-order valence-electron chi connectivity index (χ0n) is 12.5. The van der Waals surface area contributed by atoms with Gasteiger partial charge in [0.25, 0.3) is 0 Å². The normalized spacial score (nSPS) is 11.2. The predicted octanol–water partition coefficient (Wildman–Crippen LogP) is 3.50. The summed E-state index contributed by atoms with van der Waals surface area (Å²) in [5.74, 6) is -0.193. The molecule has 0 fully saturated rings. The number of rotatable bonds is 9. The fraction of sp³-hybridized carbons (Fsp3) is 0.625. The summed E-state index contributed by atoms with van der Waals surface area (Å²) >= 11 is 0. The number of aromatic hydroxyl groups is 3. The number of hydrogen-bond donors (Lipinski definition) is 4. The monoisotopic (exact) mass is 281 g/mol. The second kappa shape index (κ2) is 8.69. The van der Waals surface area contributed by atoms with Crippen molar-refractivity contribution in [1.82, 2.24) is 5.32 Å². The molecule has 1 aromatic carbocycles. The Labute approximate surface area is 121 Å². The molecule has 4 heteroatoms. The number of nitrogens with one attached hydrogen (secondary N) is 1. The number of unbranched alkanes of at least 4 members (excludes halogenated alkanes) is 3. The van der Waals surface area contributed by atoms with Crippen LogP contribution in [0.3, 0.4) is 0 Å². The van der Waals surface area contributed by atoms with Gasteiger partial charge in [-0.2, -0.15) is 0 Å². The van der Waals surface area contributed by atoms with Gasteiger partial charge in [-0.3, -0.25) is 0 Å². The van der Waals surface area contributed by atoms with Gasteiger partial charge in [0.2, 0.25) is 5.75 Å². The minimum absolute atomic E-state index is 0.241. The summed E-state index contributed by atoms with van der Waals surface area (Å²) in [4.78, 5) is 0. The van der Waals surface area contributed by atoms with Crippen LogP contribution in [-0.2, 0) is 6.54 Å². The Morgan fingerprint density at radius 1 is 0.950 bits per heavy atom. The quantitative estimate of drug-likeness (QED) is 0.413. The van der Waals surface area contributed by atoms with Crippen LogP contribution >= 0.6 is 0 Å². The summed E-state index contributed by atoms with van der Waals surface area (Å²) in [5.41, 5.74) is 0.597.